The van der Waals surface area contributed by atoms with Crippen LogP contribution >= 0.6 is 11.6 Å². The van der Waals surface area contributed by atoms with Crippen molar-refractivity contribution in [2.24, 2.45) is 5.73 Å². The molecule has 0 saturated heterocycles. The van der Waals surface area contributed by atoms with Crippen LogP contribution in [0.25, 0.3) is 16.4 Å². The molecule has 3 heterocycles. The number of anilines is 3. The Morgan fingerprint density at radius 1 is 0.929 bits per heavy atom. The summed E-state index contributed by atoms with van der Waals surface area (Å²) < 4.78 is 13.2. The van der Waals surface area contributed by atoms with E-state index >= 15 is 0 Å². The lowest BCUT2D eigenvalue weighted by atomic mass is 9.92. The highest BCUT2D eigenvalue weighted by molar-refractivity contribution is 6.19. The number of fused-ring (bicyclic) bond motifs is 4. The molecular formula is C49H51ClN10O10. The van der Waals surface area contributed by atoms with Gasteiger partial charge in [-0.25, -0.2) is 19.4 Å². The number of aryl methyl sites for hydroxylation is 1. The number of carbonyl (C=O) groups is 7. The van der Waals surface area contributed by atoms with E-state index in [9.17, 15) is 38.7 Å². The number of alkyl halides is 1. The second kappa shape index (κ2) is 22.1. The zero-order valence-electron chi connectivity index (χ0n) is 38.4. The standard InChI is InChI=1S/C49H51ClN10O10/c1-29-6-4-7-36-40(70-49(68)58(3)21-20-57(2)48(67)69-27-30-9-13-33(14-10-30)54-45(64)37(53-28-61)8-5-19-52-47(51)66)22-39-43(42(29)36)32(23-50)24-60(39)46(65)38-26-59-25-34(15-18-41(59)56-38)55-44(63)31-11-16-35(62)17-12-31/h4,6-7,9-18,22,25-26,28,32,37,62H,5,8,19-21,23-24,27H2,1-3H3,(H,53,61)(H,54,64)(H,55,63)(H3,51,52,66)/t32-,37+/m1/s1. The number of urea groups is 1. The van der Waals surface area contributed by atoms with Gasteiger partial charge >= 0.3 is 18.2 Å². The van der Waals surface area contributed by atoms with Crippen LogP contribution in [-0.2, 0) is 20.9 Å². The number of carbonyl (C=O) groups excluding carboxylic acids is 7. The summed E-state index contributed by atoms with van der Waals surface area (Å²) in [5.41, 5.74) is 9.81. The minimum absolute atomic E-state index is 0.0397. The number of rotatable bonds is 18. The van der Waals surface area contributed by atoms with Crippen molar-refractivity contribution in [3.8, 4) is 11.5 Å². The number of aromatic nitrogens is 2. The fourth-order valence-corrected chi connectivity index (χ4v) is 8.18. The Kier molecular flexibility index (Phi) is 15.7. The third-order valence-corrected chi connectivity index (χ3v) is 12.0. The maximum Gasteiger partial charge on any atom is 0.415 e. The highest BCUT2D eigenvalue weighted by Gasteiger charge is 2.37. The SMILES string of the molecule is Cc1cccc2c(OC(=O)N(C)CCN(C)C(=O)OCc3ccc(NC(=O)[C@H](CCCNC(N)=O)NC=O)cc3)cc3c(c12)[C@H](CCl)CN3C(=O)c1cn2cc(NC(=O)c3ccc(O)cc3)ccc2n1. The Morgan fingerprint density at radius 3 is 2.34 bits per heavy atom. The first-order valence-corrected chi connectivity index (χ1v) is 22.6. The molecule has 70 heavy (non-hydrogen) atoms. The van der Waals surface area contributed by atoms with Crippen LogP contribution in [0, 0.1) is 6.92 Å². The summed E-state index contributed by atoms with van der Waals surface area (Å²) in [5.74, 6) is -1.02. The number of likely N-dealkylation sites (N-methyl/N-ethyl adjacent to an activating group) is 2. The Balaban J connectivity index is 0.968. The van der Waals surface area contributed by atoms with E-state index in [1.54, 1.807) is 64.2 Å². The number of nitrogens with zero attached hydrogens (tertiary/aromatic N) is 5. The minimum atomic E-state index is -0.835. The van der Waals surface area contributed by atoms with E-state index in [0.29, 0.717) is 52.1 Å². The average molecular weight is 975 g/mol. The number of hydrogen-bond acceptors (Lipinski definition) is 11. The summed E-state index contributed by atoms with van der Waals surface area (Å²) >= 11 is 6.57. The van der Waals surface area contributed by atoms with Gasteiger partial charge in [-0.2, -0.15) is 0 Å². The van der Waals surface area contributed by atoms with Crippen LogP contribution in [0.5, 0.6) is 11.5 Å². The summed E-state index contributed by atoms with van der Waals surface area (Å²) in [6.07, 6.45) is 2.96. The summed E-state index contributed by atoms with van der Waals surface area (Å²) in [6.45, 7) is 2.53. The predicted molar refractivity (Wildman–Crippen MR) is 261 cm³/mol. The monoisotopic (exact) mass is 974 g/mol. The van der Waals surface area contributed by atoms with Crippen LogP contribution in [0.3, 0.4) is 0 Å². The molecule has 20 nitrogen and oxygen atoms in total. The van der Waals surface area contributed by atoms with Crippen LogP contribution in [0.4, 0.5) is 31.4 Å². The number of imidazole rings is 1. The van der Waals surface area contributed by atoms with Crippen molar-refractivity contribution < 1.29 is 48.1 Å². The second-order valence-electron chi connectivity index (χ2n) is 16.6. The van der Waals surface area contributed by atoms with Crippen molar-refractivity contribution in [2.75, 3.05) is 61.7 Å². The molecule has 364 valence electrons. The Labute approximate surface area is 406 Å². The number of aromatic hydroxyl groups is 1. The van der Waals surface area contributed by atoms with E-state index in [0.717, 1.165) is 16.5 Å². The van der Waals surface area contributed by atoms with Crippen molar-refractivity contribution in [1.29, 1.82) is 0 Å². The number of primary amides is 1. The maximum absolute atomic E-state index is 14.4. The summed E-state index contributed by atoms with van der Waals surface area (Å²) in [4.78, 5) is 97.3. The maximum atomic E-state index is 14.4. The largest absolute Gasteiger partial charge is 0.508 e. The first-order valence-electron chi connectivity index (χ1n) is 22.1. The molecule has 0 unspecified atom stereocenters. The molecule has 1 aliphatic rings. The van der Waals surface area contributed by atoms with Gasteiger partial charge in [-0.05, 0) is 90.4 Å². The molecule has 2 atom stereocenters. The van der Waals surface area contributed by atoms with Crippen molar-refractivity contribution in [1.82, 2.24) is 29.8 Å². The van der Waals surface area contributed by atoms with E-state index in [1.807, 2.05) is 25.1 Å². The molecule has 0 fully saturated rings. The Bertz CT molecular complexity index is 2950. The van der Waals surface area contributed by atoms with Crippen molar-refractivity contribution in [2.45, 2.75) is 38.3 Å². The van der Waals surface area contributed by atoms with Crippen molar-refractivity contribution in [3.05, 3.63) is 125 Å². The van der Waals surface area contributed by atoms with Gasteiger partial charge in [-0.3, -0.25) is 19.2 Å². The molecule has 4 aromatic carbocycles. The summed E-state index contributed by atoms with van der Waals surface area (Å²) in [7, 11) is 3.07. The van der Waals surface area contributed by atoms with Gasteiger partial charge in [0.25, 0.3) is 11.8 Å². The van der Waals surface area contributed by atoms with Crippen LogP contribution in [0.15, 0.2) is 97.3 Å². The fraction of sp³-hybridized carbons (Fsp3) is 0.265. The van der Waals surface area contributed by atoms with Gasteiger partial charge in [0.1, 0.15) is 35.5 Å². The normalized spacial score (nSPS) is 13.2. The zero-order valence-corrected chi connectivity index (χ0v) is 39.2. The number of pyridine rings is 1. The van der Waals surface area contributed by atoms with Crippen LogP contribution in [0.2, 0.25) is 0 Å². The Morgan fingerprint density at radius 2 is 1.64 bits per heavy atom. The number of hydrogen-bond donors (Lipinski definition) is 6. The van der Waals surface area contributed by atoms with Gasteiger partial charge in [0, 0.05) is 87.2 Å². The lowest BCUT2D eigenvalue weighted by Crippen LogP contribution is -2.40. The molecule has 0 saturated carbocycles. The molecule has 2 aromatic heterocycles. The van der Waals surface area contributed by atoms with Gasteiger partial charge in [-0.15, -0.1) is 11.6 Å². The molecule has 1 aliphatic heterocycles. The number of halogens is 1. The molecule has 6 aromatic rings. The molecule has 0 spiro atoms. The first-order chi connectivity index (χ1) is 33.6. The zero-order chi connectivity index (χ0) is 50.1. The number of ether oxygens (including phenoxy) is 2. The van der Waals surface area contributed by atoms with E-state index < -0.39 is 36.1 Å². The molecule has 7 N–H and O–H groups in total. The number of nitrogens with one attached hydrogen (secondary N) is 4. The smallest absolute Gasteiger partial charge is 0.415 e. The average Bonchev–Trinajstić information content (AvgIpc) is 3.95. The fourth-order valence-electron chi connectivity index (χ4n) is 7.92. The minimum Gasteiger partial charge on any atom is -0.508 e. The summed E-state index contributed by atoms with van der Waals surface area (Å²) in [6, 6.07) is 21.6. The third kappa shape index (κ3) is 11.6. The number of phenols is 1. The van der Waals surface area contributed by atoms with Gasteiger partial charge < -0.3 is 60.7 Å². The first kappa shape index (κ1) is 49.5. The van der Waals surface area contributed by atoms with Crippen LogP contribution in [-0.4, -0.2) is 119 Å². The second-order valence-corrected chi connectivity index (χ2v) is 16.9. The highest BCUT2D eigenvalue weighted by atomic mass is 35.5. The molecule has 0 bridgehead atoms. The third-order valence-electron chi connectivity index (χ3n) is 11.7. The predicted octanol–water partition coefficient (Wildman–Crippen LogP) is 5.94. The van der Waals surface area contributed by atoms with E-state index in [-0.39, 0.29) is 74.1 Å². The highest BCUT2D eigenvalue weighted by Crippen LogP contribution is 2.47. The van der Waals surface area contributed by atoms with E-state index in [2.05, 4.69) is 26.3 Å². The van der Waals surface area contributed by atoms with Gasteiger partial charge in [-0.1, -0.05) is 30.3 Å². The lowest BCUT2D eigenvalue weighted by molar-refractivity contribution is -0.121. The van der Waals surface area contributed by atoms with E-state index in [1.165, 1.54) is 48.2 Å². The Hall–Kier alpha value is -8.39. The lowest BCUT2D eigenvalue weighted by Gasteiger charge is -2.23. The van der Waals surface area contributed by atoms with Crippen LogP contribution < -0.4 is 36.6 Å². The van der Waals surface area contributed by atoms with Gasteiger partial charge in [0.2, 0.25) is 12.3 Å². The molecular weight excluding hydrogens is 924 g/mol. The van der Waals surface area contributed by atoms with Crippen molar-refractivity contribution in [3.63, 3.8) is 0 Å². The molecule has 0 aliphatic carbocycles. The van der Waals surface area contributed by atoms with Gasteiger partial charge in [0.15, 0.2) is 0 Å². The van der Waals surface area contributed by atoms with Crippen LogP contribution in [0.1, 0.15) is 56.3 Å². The number of phenolic OH excluding ortho intramolecular Hbond substituents is 1. The van der Waals surface area contributed by atoms with Gasteiger partial charge in [0.05, 0.1) is 11.4 Å². The summed E-state index contributed by atoms with van der Waals surface area (Å²) in [5, 5.41) is 21.5. The van der Waals surface area contributed by atoms with Crippen molar-refractivity contribution >= 4 is 87.4 Å². The molecule has 7 rings (SSSR count). The molecule has 8 amide bonds. The molecule has 0 radical (unpaired) electrons. The quantitative estimate of drug-likeness (QED) is 0.0334. The topological polar surface area (TPSA) is 259 Å². The van der Waals surface area contributed by atoms with E-state index in [4.69, 9.17) is 26.8 Å². The number of nitrogens with two attached hydrogens (primary N) is 1. The number of benzene rings is 4. The molecule has 21 heteroatoms. The number of amides is 8.